The van der Waals surface area contributed by atoms with Crippen LogP contribution in [-0.4, -0.2) is 52.3 Å². The van der Waals surface area contributed by atoms with Crippen molar-refractivity contribution in [2.75, 3.05) is 42.4 Å². The summed E-state index contributed by atoms with van der Waals surface area (Å²) in [4.78, 5) is 21.3. The summed E-state index contributed by atoms with van der Waals surface area (Å²) in [6, 6.07) is 0. The highest BCUT2D eigenvalue weighted by molar-refractivity contribution is 7.99. The van der Waals surface area contributed by atoms with Crippen LogP contribution in [-0.2, 0) is 0 Å². The molecule has 1 fully saturated rings. The molecule has 20 heavy (non-hydrogen) atoms. The lowest BCUT2D eigenvalue weighted by molar-refractivity contribution is -0.385. The van der Waals surface area contributed by atoms with Crippen molar-refractivity contribution in [3.8, 4) is 5.88 Å². The number of thioether (sulfide) groups is 2. The first-order valence-electron chi connectivity index (χ1n) is 6.23. The zero-order valence-electron chi connectivity index (χ0n) is 11.4. The minimum Gasteiger partial charge on any atom is -0.473 e. The van der Waals surface area contributed by atoms with E-state index in [0.717, 1.165) is 24.6 Å². The van der Waals surface area contributed by atoms with Crippen molar-refractivity contribution in [3.05, 3.63) is 10.1 Å². The lowest BCUT2D eigenvalue weighted by Gasteiger charge is -2.27. The van der Waals surface area contributed by atoms with Crippen LogP contribution < -0.4 is 9.64 Å². The third-order valence-electron chi connectivity index (χ3n) is 2.77. The monoisotopic (exact) mass is 316 g/mol. The first kappa shape index (κ1) is 15.2. The molecule has 1 aromatic rings. The molecule has 0 aromatic carbocycles. The number of hydrogen-bond acceptors (Lipinski definition) is 8. The Kier molecular flexibility index (Phi) is 5.30. The van der Waals surface area contributed by atoms with E-state index in [4.69, 9.17) is 4.74 Å². The van der Waals surface area contributed by atoms with Crippen LogP contribution in [0.2, 0.25) is 0 Å². The molecule has 0 unspecified atom stereocenters. The van der Waals surface area contributed by atoms with Crippen molar-refractivity contribution in [2.24, 2.45) is 0 Å². The summed E-state index contributed by atoms with van der Waals surface area (Å²) in [7, 11) is 0. The topological polar surface area (TPSA) is 81.4 Å². The van der Waals surface area contributed by atoms with Gasteiger partial charge in [-0.2, -0.15) is 21.7 Å². The summed E-state index contributed by atoms with van der Waals surface area (Å²) in [6.07, 6.45) is 1.84. The fourth-order valence-electron chi connectivity index (χ4n) is 1.89. The molecule has 0 N–H and O–H groups in total. The molecular weight excluding hydrogens is 300 g/mol. The van der Waals surface area contributed by atoms with E-state index in [0.29, 0.717) is 17.6 Å². The van der Waals surface area contributed by atoms with Crippen molar-refractivity contribution in [3.63, 3.8) is 0 Å². The number of anilines is 1. The molecule has 1 saturated heterocycles. The molecule has 2 rings (SSSR count). The normalized spacial score (nSPS) is 15.2. The molecule has 1 aromatic heterocycles. The first-order chi connectivity index (χ1) is 9.67. The Balaban J connectivity index is 2.49. The Bertz CT molecular complexity index is 495. The molecule has 0 saturated carbocycles. The summed E-state index contributed by atoms with van der Waals surface area (Å²) < 4.78 is 5.33. The van der Waals surface area contributed by atoms with Gasteiger partial charge in [0.2, 0.25) is 5.82 Å². The molecule has 1 aliphatic rings. The average molecular weight is 316 g/mol. The molecule has 0 amide bonds. The summed E-state index contributed by atoms with van der Waals surface area (Å²) in [5.74, 6) is 2.32. The maximum atomic E-state index is 11.4. The van der Waals surface area contributed by atoms with Gasteiger partial charge in [-0.3, -0.25) is 10.1 Å². The molecule has 0 bridgehead atoms. The molecule has 9 heteroatoms. The van der Waals surface area contributed by atoms with Gasteiger partial charge in [-0.1, -0.05) is 11.8 Å². The van der Waals surface area contributed by atoms with Gasteiger partial charge in [0.15, 0.2) is 5.16 Å². The lowest BCUT2D eigenvalue weighted by atomic mass is 10.4. The fraction of sp³-hybridized carbons (Fsp3) is 0.636. The van der Waals surface area contributed by atoms with Crippen molar-refractivity contribution < 1.29 is 9.66 Å². The molecule has 0 atom stereocenters. The summed E-state index contributed by atoms with van der Waals surface area (Å²) in [5.41, 5.74) is -0.128. The van der Waals surface area contributed by atoms with Gasteiger partial charge in [-0.05, 0) is 13.2 Å². The standard InChI is InChI=1S/C11H16N4O3S2/c1-3-18-10-8(15(16)17)9(12-11(13-10)19-2)14-4-6-20-7-5-14/h3-7H2,1-2H3. The van der Waals surface area contributed by atoms with E-state index in [1.165, 1.54) is 11.8 Å². The Morgan fingerprint density at radius 3 is 2.70 bits per heavy atom. The number of nitro groups is 1. The van der Waals surface area contributed by atoms with E-state index in [2.05, 4.69) is 9.97 Å². The van der Waals surface area contributed by atoms with Crippen LogP contribution >= 0.6 is 23.5 Å². The second kappa shape index (κ2) is 6.98. The SMILES string of the molecule is CCOc1nc(SC)nc(N2CCSCC2)c1[N+](=O)[O-]. The summed E-state index contributed by atoms with van der Waals surface area (Å²) in [5, 5.41) is 11.9. The number of nitrogens with zero attached hydrogens (tertiary/aromatic N) is 4. The molecular formula is C11H16N4O3S2. The van der Waals surface area contributed by atoms with Gasteiger partial charge >= 0.3 is 11.6 Å². The average Bonchev–Trinajstić information content (AvgIpc) is 2.47. The quantitative estimate of drug-likeness (QED) is 0.353. The van der Waals surface area contributed by atoms with Gasteiger partial charge < -0.3 is 9.64 Å². The fourth-order valence-corrected chi connectivity index (χ4v) is 3.14. The predicted molar refractivity (Wildman–Crippen MR) is 81.2 cm³/mol. The number of ether oxygens (including phenoxy) is 1. The van der Waals surface area contributed by atoms with E-state index >= 15 is 0 Å². The Labute approximate surface area is 125 Å². The van der Waals surface area contributed by atoms with Crippen LogP contribution in [0, 0.1) is 10.1 Å². The third kappa shape index (κ3) is 3.26. The second-order valence-corrected chi connectivity index (χ2v) is 5.98. The van der Waals surface area contributed by atoms with Gasteiger partial charge in [-0.15, -0.1) is 0 Å². The van der Waals surface area contributed by atoms with Gasteiger partial charge in [0.05, 0.1) is 11.5 Å². The highest BCUT2D eigenvalue weighted by Crippen LogP contribution is 2.36. The van der Waals surface area contributed by atoms with E-state index in [-0.39, 0.29) is 11.6 Å². The van der Waals surface area contributed by atoms with Gasteiger partial charge in [0.25, 0.3) is 0 Å². The van der Waals surface area contributed by atoms with Crippen LogP contribution in [0.15, 0.2) is 5.16 Å². The van der Waals surface area contributed by atoms with E-state index in [9.17, 15) is 10.1 Å². The molecule has 7 nitrogen and oxygen atoms in total. The second-order valence-electron chi connectivity index (χ2n) is 3.98. The van der Waals surface area contributed by atoms with Gasteiger partial charge in [0, 0.05) is 24.6 Å². The third-order valence-corrected chi connectivity index (χ3v) is 4.26. The first-order valence-corrected chi connectivity index (χ1v) is 8.61. The number of hydrogen-bond donors (Lipinski definition) is 0. The zero-order valence-corrected chi connectivity index (χ0v) is 13.0. The van der Waals surface area contributed by atoms with Crippen LogP contribution in [0.1, 0.15) is 6.92 Å². The number of aromatic nitrogens is 2. The Hall–Kier alpha value is -1.22. The van der Waals surface area contributed by atoms with E-state index in [1.807, 2.05) is 22.9 Å². The molecule has 0 radical (unpaired) electrons. The van der Waals surface area contributed by atoms with Crippen LogP contribution in [0.4, 0.5) is 11.5 Å². The van der Waals surface area contributed by atoms with Gasteiger partial charge in [0.1, 0.15) is 0 Å². The number of rotatable bonds is 5. The van der Waals surface area contributed by atoms with Crippen molar-refractivity contribution >= 4 is 35.0 Å². The lowest BCUT2D eigenvalue weighted by Crippen LogP contribution is -2.34. The molecule has 0 aliphatic carbocycles. The van der Waals surface area contributed by atoms with Crippen LogP contribution in [0.5, 0.6) is 5.88 Å². The van der Waals surface area contributed by atoms with Crippen molar-refractivity contribution in [1.82, 2.24) is 9.97 Å². The van der Waals surface area contributed by atoms with Crippen LogP contribution in [0.25, 0.3) is 0 Å². The van der Waals surface area contributed by atoms with E-state index < -0.39 is 4.92 Å². The van der Waals surface area contributed by atoms with Crippen molar-refractivity contribution in [1.29, 1.82) is 0 Å². The summed E-state index contributed by atoms with van der Waals surface area (Å²) in [6.45, 7) is 3.62. The van der Waals surface area contributed by atoms with Gasteiger partial charge in [-0.25, -0.2) is 0 Å². The minimum atomic E-state index is -0.452. The molecule has 110 valence electrons. The highest BCUT2D eigenvalue weighted by atomic mass is 32.2. The maximum Gasteiger partial charge on any atom is 0.373 e. The maximum absolute atomic E-state index is 11.4. The molecule has 0 spiro atoms. The Morgan fingerprint density at radius 1 is 1.45 bits per heavy atom. The largest absolute Gasteiger partial charge is 0.473 e. The molecule has 1 aliphatic heterocycles. The Morgan fingerprint density at radius 2 is 2.15 bits per heavy atom. The molecule has 2 heterocycles. The van der Waals surface area contributed by atoms with Crippen LogP contribution in [0.3, 0.4) is 0 Å². The highest BCUT2D eigenvalue weighted by Gasteiger charge is 2.30. The predicted octanol–water partition coefficient (Wildman–Crippen LogP) is 2.06. The smallest absolute Gasteiger partial charge is 0.373 e. The van der Waals surface area contributed by atoms with E-state index in [1.54, 1.807) is 6.92 Å². The summed E-state index contributed by atoms with van der Waals surface area (Å²) >= 11 is 3.19. The van der Waals surface area contributed by atoms with Crippen molar-refractivity contribution in [2.45, 2.75) is 12.1 Å². The minimum absolute atomic E-state index is 0.0603. The zero-order chi connectivity index (χ0) is 14.5.